The third-order valence-corrected chi connectivity index (χ3v) is 14.6. The lowest BCUT2D eigenvalue weighted by Gasteiger charge is -2.26. The van der Waals surface area contributed by atoms with Crippen molar-refractivity contribution in [3.05, 3.63) is 265 Å². The zero-order chi connectivity index (χ0) is 49.8. The van der Waals surface area contributed by atoms with E-state index in [0.29, 0.717) is 0 Å². The van der Waals surface area contributed by atoms with Gasteiger partial charge in [0.2, 0.25) is 0 Å². The van der Waals surface area contributed by atoms with Crippen LogP contribution in [0.1, 0.15) is 61.8 Å². The van der Waals surface area contributed by atoms with Crippen LogP contribution in [0.5, 0.6) is 0 Å². The van der Waals surface area contributed by atoms with Crippen molar-refractivity contribution in [2.24, 2.45) is 0 Å². The van der Waals surface area contributed by atoms with E-state index in [1.807, 2.05) is 0 Å². The second kappa shape index (κ2) is 20.7. The number of aromatic nitrogens is 2. The number of benzene rings is 10. The van der Waals surface area contributed by atoms with Gasteiger partial charge in [0.25, 0.3) is 0 Å². The minimum atomic E-state index is 1.08. The molecule has 0 aliphatic rings. The maximum Gasteiger partial charge on any atom is 0.0542 e. The standard InChI is InChI=1S/C70H60N4/c1-3-5-19-53-35-43-67-63(47-53)65-49-61(41-45-69(65)73(67)57-25-15-9-16-26-57)71(55-21-11-7-12-22-55)59-37-31-51(32-38-59)29-30-52-33-39-60(40-34-52)72(56-23-13-8-14-24-56)62-42-46-70-66(50-62)64-48-54(20-6-4-2)36-44-68(64)74(70)58-27-17-10-18-28-58/h7-18,21-50H,3-6,19-20H2,1-2H3/b30-29+. The fourth-order valence-corrected chi connectivity index (χ4v) is 10.9. The molecular formula is C70H60N4. The first-order valence-corrected chi connectivity index (χ1v) is 26.5. The van der Waals surface area contributed by atoms with Crippen molar-refractivity contribution in [2.45, 2.75) is 52.4 Å². The summed E-state index contributed by atoms with van der Waals surface area (Å²) >= 11 is 0. The quantitative estimate of drug-likeness (QED) is 0.0898. The van der Waals surface area contributed by atoms with Gasteiger partial charge in [-0.2, -0.15) is 0 Å². The van der Waals surface area contributed by atoms with Gasteiger partial charge in [-0.05, 0) is 181 Å². The van der Waals surface area contributed by atoms with Gasteiger partial charge < -0.3 is 18.9 Å². The smallest absolute Gasteiger partial charge is 0.0542 e. The van der Waals surface area contributed by atoms with E-state index in [4.69, 9.17) is 0 Å². The number of anilines is 6. The molecule has 0 aliphatic carbocycles. The van der Waals surface area contributed by atoms with Crippen molar-refractivity contribution in [3.63, 3.8) is 0 Å². The van der Waals surface area contributed by atoms with Gasteiger partial charge >= 0.3 is 0 Å². The minimum Gasteiger partial charge on any atom is -0.310 e. The Morgan fingerprint density at radius 3 is 0.986 bits per heavy atom. The molecule has 12 rings (SSSR count). The van der Waals surface area contributed by atoms with E-state index >= 15 is 0 Å². The van der Waals surface area contributed by atoms with Crippen LogP contribution >= 0.6 is 0 Å². The Hall–Kier alpha value is -8.86. The maximum absolute atomic E-state index is 2.42. The molecule has 74 heavy (non-hydrogen) atoms. The molecule has 2 heterocycles. The maximum atomic E-state index is 2.42. The predicted octanol–water partition coefficient (Wildman–Crippen LogP) is 19.7. The molecule has 0 N–H and O–H groups in total. The Balaban J connectivity index is 0.856. The van der Waals surface area contributed by atoms with E-state index in [1.54, 1.807) is 0 Å². The number of hydrogen-bond donors (Lipinski definition) is 0. The molecule has 0 radical (unpaired) electrons. The number of hydrogen-bond acceptors (Lipinski definition) is 2. The van der Waals surface area contributed by atoms with E-state index in [2.05, 4.69) is 288 Å². The van der Waals surface area contributed by atoms with Crippen LogP contribution in [0, 0.1) is 0 Å². The second-order valence-electron chi connectivity index (χ2n) is 19.5. The predicted molar refractivity (Wildman–Crippen MR) is 317 cm³/mol. The Morgan fingerprint density at radius 1 is 0.311 bits per heavy atom. The zero-order valence-corrected chi connectivity index (χ0v) is 42.3. The van der Waals surface area contributed by atoms with Crippen LogP contribution in [0.2, 0.25) is 0 Å². The summed E-state index contributed by atoms with van der Waals surface area (Å²) in [6, 6.07) is 88.9. The molecule has 0 spiro atoms. The summed E-state index contributed by atoms with van der Waals surface area (Å²) in [4.78, 5) is 4.75. The van der Waals surface area contributed by atoms with Gasteiger partial charge in [0.05, 0.1) is 22.1 Å². The summed E-state index contributed by atoms with van der Waals surface area (Å²) in [6.45, 7) is 4.53. The van der Waals surface area contributed by atoms with E-state index in [1.165, 1.54) is 91.8 Å². The Labute approximate surface area is 435 Å². The number of aryl methyl sites for hydroxylation is 2. The third kappa shape index (κ3) is 9.05. The molecule has 0 bridgehead atoms. The van der Waals surface area contributed by atoms with Crippen molar-refractivity contribution in [2.75, 3.05) is 9.80 Å². The zero-order valence-electron chi connectivity index (χ0n) is 42.3. The monoisotopic (exact) mass is 956 g/mol. The number of unbranched alkanes of at least 4 members (excludes halogenated alkanes) is 2. The fraction of sp³-hybridized carbons (Fsp3) is 0.114. The van der Waals surface area contributed by atoms with Crippen LogP contribution < -0.4 is 9.80 Å². The minimum absolute atomic E-state index is 1.08. The lowest BCUT2D eigenvalue weighted by Crippen LogP contribution is -2.09. The van der Waals surface area contributed by atoms with Gasteiger partial charge in [0, 0.05) is 67.0 Å². The Bertz CT molecular complexity index is 3630. The van der Waals surface area contributed by atoms with Crippen molar-refractivity contribution in [1.82, 2.24) is 9.13 Å². The van der Waals surface area contributed by atoms with E-state index in [9.17, 15) is 0 Å². The Kier molecular flexibility index (Phi) is 12.9. The highest BCUT2D eigenvalue weighted by Crippen LogP contribution is 2.42. The number of nitrogens with zero attached hydrogens (tertiary/aromatic N) is 4. The summed E-state index contributed by atoms with van der Waals surface area (Å²) in [5.74, 6) is 0. The number of fused-ring (bicyclic) bond motifs is 6. The third-order valence-electron chi connectivity index (χ3n) is 14.6. The fourth-order valence-electron chi connectivity index (χ4n) is 10.9. The average molecular weight is 957 g/mol. The molecule has 0 unspecified atom stereocenters. The van der Waals surface area contributed by atoms with Gasteiger partial charge in [-0.3, -0.25) is 0 Å². The van der Waals surface area contributed by atoms with Crippen LogP contribution in [0.25, 0.3) is 67.1 Å². The normalized spacial score (nSPS) is 11.6. The van der Waals surface area contributed by atoms with Crippen molar-refractivity contribution in [1.29, 1.82) is 0 Å². The first-order valence-electron chi connectivity index (χ1n) is 26.5. The summed E-state index contributed by atoms with van der Waals surface area (Å²) in [6.07, 6.45) is 11.3. The lowest BCUT2D eigenvalue weighted by atomic mass is 10.0. The summed E-state index contributed by atoms with van der Waals surface area (Å²) in [7, 11) is 0. The molecule has 12 aromatic rings. The lowest BCUT2D eigenvalue weighted by molar-refractivity contribution is 0.796. The van der Waals surface area contributed by atoms with E-state index in [0.717, 1.165) is 58.1 Å². The molecule has 2 aromatic heterocycles. The van der Waals surface area contributed by atoms with Crippen LogP contribution in [0.4, 0.5) is 34.1 Å². The van der Waals surface area contributed by atoms with E-state index in [-0.39, 0.29) is 0 Å². The van der Waals surface area contributed by atoms with Crippen molar-refractivity contribution < 1.29 is 0 Å². The summed E-state index contributed by atoms with van der Waals surface area (Å²) in [5.41, 5.74) is 19.0. The second-order valence-corrected chi connectivity index (χ2v) is 19.5. The molecule has 10 aromatic carbocycles. The van der Waals surface area contributed by atoms with Gasteiger partial charge in [-0.15, -0.1) is 0 Å². The molecule has 0 aliphatic heterocycles. The van der Waals surface area contributed by atoms with Crippen molar-refractivity contribution >= 4 is 89.9 Å². The van der Waals surface area contributed by atoms with Crippen LogP contribution in [-0.4, -0.2) is 9.13 Å². The first kappa shape index (κ1) is 46.2. The van der Waals surface area contributed by atoms with Crippen LogP contribution in [-0.2, 0) is 12.8 Å². The van der Waals surface area contributed by atoms with E-state index < -0.39 is 0 Å². The molecule has 0 saturated carbocycles. The molecule has 0 saturated heterocycles. The summed E-state index contributed by atoms with van der Waals surface area (Å²) in [5, 5.41) is 5.08. The number of rotatable bonds is 16. The molecule has 4 heteroatoms. The molecule has 360 valence electrons. The van der Waals surface area contributed by atoms with Crippen LogP contribution in [0.15, 0.2) is 243 Å². The average Bonchev–Trinajstić information content (AvgIpc) is 3.99. The molecule has 4 nitrogen and oxygen atoms in total. The largest absolute Gasteiger partial charge is 0.310 e. The van der Waals surface area contributed by atoms with Gasteiger partial charge in [0.1, 0.15) is 0 Å². The molecular weight excluding hydrogens is 897 g/mol. The Morgan fingerprint density at radius 2 is 0.622 bits per heavy atom. The molecule has 0 fully saturated rings. The summed E-state index contributed by atoms with van der Waals surface area (Å²) < 4.78 is 4.82. The first-order chi connectivity index (χ1) is 36.6. The molecule has 0 atom stereocenters. The molecule has 0 amide bonds. The SMILES string of the molecule is CCCCc1ccc2c(c1)c1cc(N(c3ccccc3)c3ccc(/C=C/c4ccc(N(c5ccccc5)c5ccc6c(c5)c5cc(CCCC)ccc5n6-c5ccccc5)cc4)cc3)ccc1n2-c1ccccc1. The van der Waals surface area contributed by atoms with Crippen molar-refractivity contribution in [3.8, 4) is 11.4 Å². The van der Waals surface area contributed by atoms with Crippen LogP contribution in [0.3, 0.4) is 0 Å². The highest BCUT2D eigenvalue weighted by atomic mass is 15.1. The van der Waals surface area contributed by atoms with Gasteiger partial charge in [-0.1, -0.05) is 148 Å². The topological polar surface area (TPSA) is 16.3 Å². The highest BCUT2D eigenvalue weighted by Gasteiger charge is 2.20. The van der Waals surface area contributed by atoms with Gasteiger partial charge in [0.15, 0.2) is 0 Å². The highest BCUT2D eigenvalue weighted by molar-refractivity contribution is 6.12. The number of para-hydroxylation sites is 4. The van der Waals surface area contributed by atoms with Gasteiger partial charge in [-0.25, -0.2) is 0 Å².